The molecule has 1 unspecified atom stereocenters. The van der Waals surface area contributed by atoms with Crippen molar-refractivity contribution in [1.29, 1.82) is 0 Å². The van der Waals surface area contributed by atoms with E-state index in [1.54, 1.807) is 0 Å². The maximum atomic E-state index is 12.3. The number of H-pyrrole nitrogens is 1. The van der Waals surface area contributed by atoms with Gasteiger partial charge in [-0.3, -0.25) is 4.79 Å². The van der Waals surface area contributed by atoms with Gasteiger partial charge in [-0.1, -0.05) is 13.8 Å². The molecule has 102 valence electrons. The molecule has 1 rings (SSSR count). The van der Waals surface area contributed by atoms with E-state index in [4.69, 9.17) is 0 Å². The fourth-order valence-electron chi connectivity index (χ4n) is 1.83. The van der Waals surface area contributed by atoms with Crippen LogP contribution in [-0.4, -0.2) is 30.8 Å². The highest BCUT2D eigenvalue weighted by Crippen LogP contribution is 2.16. The van der Waals surface area contributed by atoms with Crippen molar-refractivity contribution >= 4 is 10.0 Å². The molecule has 5 nitrogen and oxygen atoms in total. The van der Waals surface area contributed by atoms with Crippen molar-refractivity contribution in [2.24, 2.45) is 5.92 Å². The minimum atomic E-state index is -3.72. The number of aromatic amines is 1. The minimum Gasteiger partial charge on any atom is -0.366 e. The SMILES string of the molecule is CC(C)CC(C)N(C)S(=O)(=O)c1c[nH]ccc1=O. The van der Waals surface area contributed by atoms with Crippen LogP contribution in [0.15, 0.2) is 28.2 Å². The number of hydrogen-bond acceptors (Lipinski definition) is 3. The second-order valence-corrected chi connectivity index (χ2v) is 6.84. The summed E-state index contributed by atoms with van der Waals surface area (Å²) < 4.78 is 25.8. The van der Waals surface area contributed by atoms with Crippen LogP contribution in [0.4, 0.5) is 0 Å². The van der Waals surface area contributed by atoms with Crippen LogP contribution >= 0.6 is 0 Å². The summed E-state index contributed by atoms with van der Waals surface area (Å²) in [6.07, 6.45) is 3.40. The van der Waals surface area contributed by atoms with Crippen LogP contribution in [0.2, 0.25) is 0 Å². The molecule has 0 amide bonds. The molecule has 0 aliphatic carbocycles. The average Bonchev–Trinajstić information content (AvgIpc) is 2.27. The van der Waals surface area contributed by atoms with E-state index in [-0.39, 0.29) is 10.9 Å². The summed E-state index contributed by atoms with van der Waals surface area (Å²) in [6, 6.07) is 1.07. The molecule has 0 aliphatic rings. The van der Waals surface area contributed by atoms with Crippen molar-refractivity contribution in [3.8, 4) is 0 Å². The molecule has 1 atom stereocenters. The lowest BCUT2D eigenvalue weighted by molar-refractivity contribution is 0.337. The van der Waals surface area contributed by atoms with E-state index in [0.717, 1.165) is 6.42 Å². The lowest BCUT2D eigenvalue weighted by Gasteiger charge is -2.25. The van der Waals surface area contributed by atoms with Gasteiger partial charge in [-0.25, -0.2) is 8.42 Å². The molecule has 1 N–H and O–H groups in total. The third-order valence-electron chi connectivity index (χ3n) is 2.88. The third kappa shape index (κ3) is 3.20. The molecule has 1 heterocycles. The number of aromatic nitrogens is 1. The highest BCUT2D eigenvalue weighted by molar-refractivity contribution is 7.89. The minimum absolute atomic E-state index is 0.144. The number of sulfonamides is 1. The van der Waals surface area contributed by atoms with Crippen molar-refractivity contribution in [2.75, 3.05) is 7.05 Å². The standard InChI is InChI=1S/C12H20N2O3S/c1-9(2)7-10(3)14(4)18(16,17)12-8-13-6-5-11(12)15/h5-6,8-10H,7H2,1-4H3,(H,13,15). The van der Waals surface area contributed by atoms with E-state index in [9.17, 15) is 13.2 Å². The summed E-state index contributed by atoms with van der Waals surface area (Å²) in [5.41, 5.74) is -0.489. The molecular formula is C12H20N2O3S. The van der Waals surface area contributed by atoms with Crippen molar-refractivity contribution < 1.29 is 8.42 Å². The predicted octanol–water partition coefficient (Wildman–Crippen LogP) is 1.43. The summed E-state index contributed by atoms with van der Waals surface area (Å²) in [5.74, 6) is 0.395. The molecule has 0 radical (unpaired) electrons. The Bertz CT molecular complexity index is 548. The largest absolute Gasteiger partial charge is 0.366 e. The highest BCUT2D eigenvalue weighted by atomic mass is 32.2. The summed E-state index contributed by atoms with van der Waals surface area (Å²) in [4.78, 5) is 14.0. The second-order valence-electron chi connectivity index (χ2n) is 4.87. The molecule has 18 heavy (non-hydrogen) atoms. The molecule has 0 bridgehead atoms. The van der Waals surface area contributed by atoms with Gasteiger partial charge >= 0.3 is 0 Å². The van der Waals surface area contributed by atoms with E-state index >= 15 is 0 Å². The number of nitrogens with one attached hydrogen (secondary N) is 1. The molecule has 0 aromatic carbocycles. The Kier molecular flexibility index (Phi) is 4.70. The molecule has 0 fully saturated rings. The first-order valence-electron chi connectivity index (χ1n) is 5.92. The Hall–Kier alpha value is -1.14. The van der Waals surface area contributed by atoms with Crippen molar-refractivity contribution in [1.82, 2.24) is 9.29 Å². The molecule has 0 saturated carbocycles. The van der Waals surface area contributed by atoms with Crippen molar-refractivity contribution in [3.05, 3.63) is 28.7 Å². The quantitative estimate of drug-likeness (QED) is 0.881. The molecule has 0 aliphatic heterocycles. The third-order valence-corrected chi connectivity index (χ3v) is 4.87. The lowest BCUT2D eigenvalue weighted by atomic mass is 10.1. The van der Waals surface area contributed by atoms with Gasteiger partial charge in [0.2, 0.25) is 15.5 Å². The van der Waals surface area contributed by atoms with Gasteiger partial charge in [0, 0.05) is 31.5 Å². The van der Waals surface area contributed by atoms with Crippen molar-refractivity contribution in [2.45, 2.75) is 38.1 Å². The molecule has 0 saturated heterocycles. The van der Waals surface area contributed by atoms with Crippen LogP contribution in [0.25, 0.3) is 0 Å². The maximum Gasteiger partial charge on any atom is 0.248 e. The number of nitrogens with zero attached hydrogens (tertiary/aromatic N) is 1. The van der Waals surface area contributed by atoms with Gasteiger partial charge in [0.1, 0.15) is 4.90 Å². The van der Waals surface area contributed by atoms with Gasteiger partial charge in [0.25, 0.3) is 0 Å². The van der Waals surface area contributed by atoms with E-state index in [0.29, 0.717) is 5.92 Å². The van der Waals surface area contributed by atoms with Gasteiger partial charge in [0.05, 0.1) is 0 Å². The summed E-state index contributed by atoms with van der Waals surface area (Å²) in [7, 11) is -2.22. The first kappa shape index (κ1) is 14.9. The van der Waals surface area contributed by atoms with Crippen LogP contribution < -0.4 is 5.43 Å². The molecule has 0 spiro atoms. The Morgan fingerprint density at radius 2 is 1.94 bits per heavy atom. The molecule has 1 aromatic rings. The van der Waals surface area contributed by atoms with E-state index in [2.05, 4.69) is 4.98 Å². The van der Waals surface area contributed by atoms with E-state index < -0.39 is 15.5 Å². The molecular weight excluding hydrogens is 252 g/mol. The van der Waals surface area contributed by atoms with Crippen LogP contribution in [0.1, 0.15) is 27.2 Å². The van der Waals surface area contributed by atoms with Gasteiger partial charge in [-0.15, -0.1) is 0 Å². The van der Waals surface area contributed by atoms with Crippen LogP contribution in [0.5, 0.6) is 0 Å². The monoisotopic (exact) mass is 272 g/mol. The van der Waals surface area contributed by atoms with Crippen molar-refractivity contribution in [3.63, 3.8) is 0 Å². The number of hydrogen-bond donors (Lipinski definition) is 1. The zero-order valence-electron chi connectivity index (χ0n) is 11.2. The van der Waals surface area contributed by atoms with Crippen LogP contribution in [-0.2, 0) is 10.0 Å². The van der Waals surface area contributed by atoms with Gasteiger partial charge < -0.3 is 4.98 Å². The zero-order chi connectivity index (χ0) is 13.9. The number of pyridine rings is 1. The molecule has 1 aromatic heterocycles. The Morgan fingerprint density at radius 3 is 2.44 bits per heavy atom. The van der Waals surface area contributed by atoms with E-state index in [1.807, 2.05) is 20.8 Å². The van der Waals surface area contributed by atoms with Crippen LogP contribution in [0, 0.1) is 5.92 Å². The normalized spacial score (nSPS) is 14.1. The van der Waals surface area contributed by atoms with Gasteiger partial charge in [-0.2, -0.15) is 4.31 Å². The second kappa shape index (κ2) is 5.67. The predicted molar refractivity (Wildman–Crippen MR) is 70.9 cm³/mol. The van der Waals surface area contributed by atoms with E-state index in [1.165, 1.54) is 29.8 Å². The summed E-state index contributed by atoms with van der Waals surface area (Å²) in [5, 5.41) is 0. The fourth-order valence-corrected chi connectivity index (χ4v) is 3.23. The Labute approximate surface area is 108 Å². The first-order valence-corrected chi connectivity index (χ1v) is 7.36. The first-order chi connectivity index (χ1) is 8.26. The summed E-state index contributed by atoms with van der Waals surface area (Å²) >= 11 is 0. The topological polar surface area (TPSA) is 70.2 Å². The zero-order valence-corrected chi connectivity index (χ0v) is 12.0. The molecule has 6 heteroatoms. The summed E-state index contributed by atoms with van der Waals surface area (Å²) in [6.45, 7) is 5.91. The lowest BCUT2D eigenvalue weighted by Crippen LogP contribution is -2.37. The van der Waals surface area contributed by atoms with Gasteiger partial charge in [0.15, 0.2) is 0 Å². The average molecular weight is 272 g/mol. The smallest absolute Gasteiger partial charge is 0.248 e. The number of rotatable bonds is 5. The fraction of sp³-hybridized carbons (Fsp3) is 0.583. The Morgan fingerprint density at radius 1 is 1.33 bits per heavy atom. The highest BCUT2D eigenvalue weighted by Gasteiger charge is 2.27. The van der Waals surface area contributed by atoms with Gasteiger partial charge in [-0.05, 0) is 19.3 Å². The van der Waals surface area contributed by atoms with Crippen LogP contribution in [0.3, 0.4) is 0 Å². The maximum absolute atomic E-state index is 12.3. The Balaban J connectivity index is 3.08.